The quantitative estimate of drug-likeness (QED) is 0.465. The number of alkyl halides is 3. The highest BCUT2D eigenvalue weighted by molar-refractivity contribution is 6.06. The number of aromatic nitrogens is 3. The van der Waals surface area contributed by atoms with Crippen molar-refractivity contribution in [2.75, 3.05) is 22.5 Å². The van der Waals surface area contributed by atoms with Gasteiger partial charge in [-0.05, 0) is 29.7 Å². The van der Waals surface area contributed by atoms with Crippen molar-refractivity contribution in [2.45, 2.75) is 19.1 Å². The third-order valence-electron chi connectivity index (χ3n) is 5.65. The number of amides is 1. The van der Waals surface area contributed by atoms with Crippen LogP contribution in [0.25, 0.3) is 10.8 Å². The van der Waals surface area contributed by atoms with E-state index in [-0.39, 0.29) is 17.3 Å². The fraction of sp³-hybridized carbons (Fsp3) is 0.167. The molecule has 1 aliphatic heterocycles. The summed E-state index contributed by atoms with van der Waals surface area (Å²) in [5.41, 5.74) is 6.80. The van der Waals surface area contributed by atoms with Crippen LogP contribution in [0.3, 0.4) is 0 Å². The summed E-state index contributed by atoms with van der Waals surface area (Å²) in [7, 11) is 0. The highest BCUT2D eigenvalue weighted by Crippen LogP contribution is 2.32. The van der Waals surface area contributed by atoms with Crippen LogP contribution in [0.15, 0.2) is 60.8 Å². The van der Waals surface area contributed by atoms with Crippen LogP contribution in [0.5, 0.6) is 0 Å². The van der Waals surface area contributed by atoms with Crippen LogP contribution < -0.4 is 16.0 Å². The molecule has 34 heavy (non-hydrogen) atoms. The van der Waals surface area contributed by atoms with Gasteiger partial charge in [-0.2, -0.15) is 13.2 Å². The van der Waals surface area contributed by atoms with Crippen LogP contribution in [0.4, 0.5) is 30.6 Å². The summed E-state index contributed by atoms with van der Waals surface area (Å²) < 4.78 is 39.1. The van der Waals surface area contributed by atoms with Crippen LogP contribution in [0, 0.1) is 0 Å². The number of hydrogen-bond acceptors (Lipinski definition) is 6. The van der Waals surface area contributed by atoms with E-state index in [2.05, 4.69) is 20.3 Å². The van der Waals surface area contributed by atoms with Gasteiger partial charge >= 0.3 is 6.18 Å². The standard InChI is InChI=1S/C24H19F3N6O/c25-24(26,27)16-5-3-6-17(11-16)30-22(34)20-10-14-4-1-2-7-18(14)21(31-20)33-9-8-19-15(13-33)12-29-23(28)32-19/h1-7,10-12H,8-9,13H2,(H,30,34)(H2,28,29,32). The van der Waals surface area contributed by atoms with Gasteiger partial charge in [-0.1, -0.05) is 30.3 Å². The smallest absolute Gasteiger partial charge is 0.368 e. The highest BCUT2D eigenvalue weighted by Gasteiger charge is 2.30. The Bertz CT molecular complexity index is 1410. The van der Waals surface area contributed by atoms with Gasteiger partial charge in [0.05, 0.1) is 11.3 Å². The van der Waals surface area contributed by atoms with Crippen molar-refractivity contribution in [3.63, 3.8) is 0 Å². The second kappa shape index (κ2) is 8.29. The molecule has 10 heteroatoms. The number of nitrogens with two attached hydrogens (primary N) is 1. The zero-order chi connectivity index (χ0) is 23.9. The van der Waals surface area contributed by atoms with E-state index < -0.39 is 17.6 Å². The van der Waals surface area contributed by atoms with E-state index in [1.165, 1.54) is 12.1 Å². The normalized spacial score (nSPS) is 13.6. The number of nitrogens with one attached hydrogen (secondary N) is 1. The number of fused-ring (bicyclic) bond motifs is 2. The molecule has 3 N–H and O–H groups in total. The first-order valence-electron chi connectivity index (χ1n) is 10.5. The van der Waals surface area contributed by atoms with E-state index in [0.29, 0.717) is 25.3 Å². The first kappa shape index (κ1) is 21.6. The van der Waals surface area contributed by atoms with Gasteiger partial charge in [-0.25, -0.2) is 15.0 Å². The van der Waals surface area contributed by atoms with E-state index in [1.807, 2.05) is 29.2 Å². The van der Waals surface area contributed by atoms with Crippen molar-refractivity contribution >= 4 is 34.1 Å². The highest BCUT2D eigenvalue weighted by atomic mass is 19.4. The molecule has 2 aromatic heterocycles. The predicted molar refractivity (Wildman–Crippen MR) is 122 cm³/mol. The Morgan fingerprint density at radius 3 is 2.71 bits per heavy atom. The molecule has 3 heterocycles. The van der Waals surface area contributed by atoms with Crippen molar-refractivity contribution in [1.82, 2.24) is 15.0 Å². The molecular weight excluding hydrogens is 445 g/mol. The minimum atomic E-state index is -4.51. The number of nitrogens with zero attached hydrogens (tertiary/aromatic N) is 4. The zero-order valence-electron chi connectivity index (χ0n) is 17.8. The lowest BCUT2D eigenvalue weighted by Gasteiger charge is -2.30. The molecule has 0 unspecified atom stereocenters. The summed E-state index contributed by atoms with van der Waals surface area (Å²) in [6.45, 7) is 1.10. The third kappa shape index (κ3) is 4.21. The van der Waals surface area contributed by atoms with Gasteiger partial charge in [0, 0.05) is 42.3 Å². The minimum absolute atomic E-state index is 0.0398. The molecule has 5 rings (SSSR count). The number of hydrogen-bond donors (Lipinski definition) is 2. The van der Waals surface area contributed by atoms with E-state index in [1.54, 1.807) is 12.3 Å². The zero-order valence-corrected chi connectivity index (χ0v) is 17.8. The topological polar surface area (TPSA) is 97.0 Å². The van der Waals surface area contributed by atoms with Crippen molar-refractivity contribution < 1.29 is 18.0 Å². The minimum Gasteiger partial charge on any atom is -0.368 e. The molecule has 0 bridgehead atoms. The fourth-order valence-electron chi connectivity index (χ4n) is 4.02. The van der Waals surface area contributed by atoms with Gasteiger partial charge in [-0.3, -0.25) is 4.79 Å². The van der Waals surface area contributed by atoms with Crippen molar-refractivity contribution in [1.29, 1.82) is 0 Å². The number of carbonyl (C=O) groups excluding carboxylic acids is 1. The molecule has 2 aromatic carbocycles. The molecule has 0 atom stereocenters. The molecule has 4 aromatic rings. The average Bonchev–Trinajstić information content (AvgIpc) is 2.82. The molecule has 1 amide bonds. The van der Waals surface area contributed by atoms with Crippen LogP contribution in [0.2, 0.25) is 0 Å². The Kier molecular flexibility index (Phi) is 5.27. The van der Waals surface area contributed by atoms with E-state index >= 15 is 0 Å². The van der Waals surface area contributed by atoms with E-state index in [4.69, 9.17) is 5.73 Å². The maximum Gasteiger partial charge on any atom is 0.416 e. The van der Waals surface area contributed by atoms with Gasteiger partial charge in [0.1, 0.15) is 11.5 Å². The number of carbonyl (C=O) groups is 1. The van der Waals surface area contributed by atoms with Gasteiger partial charge in [0.2, 0.25) is 5.95 Å². The molecule has 7 nitrogen and oxygen atoms in total. The number of rotatable bonds is 3. The van der Waals surface area contributed by atoms with Gasteiger partial charge in [0.25, 0.3) is 5.91 Å². The molecule has 1 aliphatic rings. The number of pyridine rings is 1. The molecule has 0 spiro atoms. The first-order valence-corrected chi connectivity index (χ1v) is 10.5. The second-order valence-electron chi connectivity index (χ2n) is 7.96. The number of anilines is 3. The monoisotopic (exact) mass is 464 g/mol. The molecule has 0 radical (unpaired) electrons. The lowest BCUT2D eigenvalue weighted by Crippen LogP contribution is -2.32. The molecular formula is C24H19F3N6O. The Morgan fingerprint density at radius 2 is 1.88 bits per heavy atom. The Morgan fingerprint density at radius 1 is 1.06 bits per heavy atom. The van der Waals surface area contributed by atoms with Crippen LogP contribution >= 0.6 is 0 Å². The number of benzene rings is 2. The number of nitrogen functional groups attached to an aromatic ring is 1. The first-order chi connectivity index (χ1) is 16.3. The average molecular weight is 464 g/mol. The molecule has 0 fully saturated rings. The maximum absolute atomic E-state index is 13.0. The van der Waals surface area contributed by atoms with Gasteiger partial charge in [0.15, 0.2) is 0 Å². The number of halogens is 3. The lowest BCUT2D eigenvalue weighted by molar-refractivity contribution is -0.137. The van der Waals surface area contributed by atoms with E-state index in [0.717, 1.165) is 34.2 Å². The predicted octanol–water partition coefficient (Wildman–Crippen LogP) is 4.44. The molecule has 0 saturated heterocycles. The lowest BCUT2D eigenvalue weighted by atomic mass is 10.1. The largest absolute Gasteiger partial charge is 0.416 e. The molecule has 172 valence electrons. The van der Waals surface area contributed by atoms with Crippen LogP contribution in [-0.4, -0.2) is 27.4 Å². The Hall–Kier alpha value is -4.21. The van der Waals surface area contributed by atoms with E-state index in [9.17, 15) is 18.0 Å². The van der Waals surface area contributed by atoms with Gasteiger partial charge < -0.3 is 16.0 Å². The summed E-state index contributed by atoms with van der Waals surface area (Å²) in [5, 5.41) is 4.19. The van der Waals surface area contributed by atoms with Crippen molar-refractivity contribution in [2.24, 2.45) is 0 Å². The second-order valence-corrected chi connectivity index (χ2v) is 7.96. The third-order valence-corrected chi connectivity index (χ3v) is 5.65. The SMILES string of the molecule is Nc1ncc2c(n1)CCN(c1nc(C(=O)Nc3cccc(C(F)(F)F)c3)cc3ccccc13)C2. The molecule has 0 aliphatic carbocycles. The summed E-state index contributed by atoms with van der Waals surface area (Å²) in [5.74, 6) is 0.235. The van der Waals surface area contributed by atoms with Crippen molar-refractivity contribution in [3.8, 4) is 0 Å². The summed E-state index contributed by atoms with van der Waals surface area (Å²) in [6, 6.07) is 13.6. The maximum atomic E-state index is 13.0. The Labute approximate surface area is 192 Å². The summed E-state index contributed by atoms with van der Waals surface area (Å²) in [4.78, 5) is 28.0. The van der Waals surface area contributed by atoms with Crippen LogP contribution in [0.1, 0.15) is 27.3 Å². The van der Waals surface area contributed by atoms with Crippen molar-refractivity contribution in [3.05, 3.63) is 83.3 Å². The van der Waals surface area contributed by atoms with Crippen LogP contribution in [-0.2, 0) is 19.1 Å². The summed E-state index contributed by atoms with van der Waals surface area (Å²) in [6.07, 6.45) is -2.18. The van der Waals surface area contributed by atoms with Gasteiger partial charge in [-0.15, -0.1) is 0 Å². The Balaban J connectivity index is 1.49. The fourth-order valence-corrected chi connectivity index (χ4v) is 4.02. The molecule has 0 saturated carbocycles. The summed E-state index contributed by atoms with van der Waals surface area (Å²) >= 11 is 0.